The van der Waals surface area contributed by atoms with Crippen LogP contribution in [0.2, 0.25) is 0 Å². The Bertz CT molecular complexity index is 689. The lowest BCUT2D eigenvalue weighted by Gasteiger charge is -2.21. The number of hydrogen-bond acceptors (Lipinski definition) is 3. The third kappa shape index (κ3) is 4.96. The van der Waals surface area contributed by atoms with Gasteiger partial charge in [0.1, 0.15) is 5.60 Å². The first kappa shape index (κ1) is 17.3. The lowest BCUT2D eigenvalue weighted by Crippen LogP contribution is -2.41. The molecule has 1 unspecified atom stereocenters. The fourth-order valence-corrected chi connectivity index (χ4v) is 2.57. The van der Waals surface area contributed by atoms with E-state index in [0.29, 0.717) is 13.0 Å². The fraction of sp³-hybridized carbons (Fsp3) is 0.421. The molecule has 2 aromatic carbocycles. The Balaban J connectivity index is 2.00. The number of ether oxygens (including phenoxy) is 1. The molecule has 3 N–H and O–H groups in total. The van der Waals surface area contributed by atoms with Gasteiger partial charge in [-0.2, -0.15) is 0 Å². The van der Waals surface area contributed by atoms with Crippen LogP contribution in [0.3, 0.4) is 0 Å². The first-order chi connectivity index (χ1) is 10.8. The van der Waals surface area contributed by atoms with Crippen LogP contribution in [0.1, 0.15) is 31.9 Å². The number of nitrogens with two attached hydrogens (primary N) is 1. The van der Waals surface area contributed by atoms with Crippen LogP contribution in [0.15, 0.2) is 36.4 Å². The molecular formula is C19H26N2O2. The second kappa shape index (κ2) is 7.01. The summed E-state index contributed by atoms with van der Waals surface area (Å²) >= 11 is 0. The van der Waals surface area contributed by atoms with Crippen LogP contribution in [0.5, 0.6) is 0 Å². The molecule has 4 heteroatoms. The predicted octanol–water partition coefficient (Wildman–Crippen LogP) is 3.54. The summed E-state index contributed by atoms with van der Waals surface area (Å²) in [5.41, 5.74) is 8.13. The molecule has 2 aromatic rings. The van der Waals surface area contributed by atoms with Crippen LogP contribution in [-0.4, -0.2) is 24.3 Å². The summed E-state index contributed by atoms with van der Waals surface area (Å²) in [6.45, 7) is 8.01. The van der Waals surface area contributed by atoms with Gasteiger partial charge < -0.3 is 15.8 Å². The van der Waals surface area contributed by atoms with E-state index >= 15 is 0 Å². The third-order valence-electron chi connectivity index (χ3n) is 3.62. The van der Waals surface area contributed by atoms with Crippen LogP contribution >= 0.6 is 0 Å². The molecule has 1 atom stereocenters. The number of fused-ring (bicyclic) bond motifs is 1. The number of benzene rings is 2. The smallest absolute Gasteiger partial charge is 0.407 e. The highest BCUT2D eigenvalue weighted by Gasteiger charge is 2.17. The van der Waals surface area contributed by atoms with Gasteiger partial charge in [-0.1, -0.05) is 36.4 Å². The number of amides is 1. The van der Waals surface area contributed by atoms with Gasteiger partial charge >= 0.3 is 6.09 Å². The summed E-state index contributed by atoms with van der Waals surface area (Å²) < 4.78 is 5.22. The highest BCUT2D eigenvalue weighted by molar-refractivity contribution is 5.88. The van der Waals surface area contributed by atoms with Crippen LogP contribution < -0.4 is 11.1 Å². The fourth-order valence-electron chi connectivity index (χ4n) is 2.57. The number of alkyl carbamates (subject to hydrolysis) is 1. The molecule has 0 aromatic heterocycles. The van der Waals surface area contributed by atoms with Crippen molar-refractivity contribution < 1.29 is 9.53 Å². The van der Waals surface area contributed by atoms with Crippen molar-refractivity contribution in [2.45, 2.75) is 45.8 Å². The van der Waals surface area contributed by atoms with Crippen LogP contribution in [0, 0.1) is 6.92 Å². The van der Waals surface area contributed by atoms with E-state index in [2.05, 4.69) is 36.5 Å². The molecule has 0 saturated heterocycles. The van der Waals surface area contributed by atoms with E-state index in [1.165, 1.54) is 21.9 Å². The summed E-state index contributed by atoms with van der Waals surface area (Å²) in [5, 5.41) is 5.20. The van der Waals surface area contributed by atoms with Gasteiger partial charge in [0, 0.05) is 12.6 Å². The van der Waals surface area contributed by atoms with Crippen molar-refractivity contribution in [3.63, 3.8) is 0 Å². The van der Waals surface area contributed by atoms with E-state index in [0.717, 1.165) is 0 Å². The molecule has 0 radical (unpaired) electrons. The molecule has 0 bridgehead atoms. The zero-order valence-corrected chi connectivity index (χ0v) is 14.3. The molecule has 0 fully saturated rings. The molecule has 0 aliphatic carbocycles. The number of hydrogen-bond donors (Lipinski definition) is 2. The number of rotatable bonds is 4. The standard InChI is InChI=1S/C19H26N2O2/c1-13-9-10-14(17-8-6-5-7-16(13)17)11-15(20)12-21-18(22)23-19(2,3)4/h5-10,15H,11-12,20H2,1-4H3,(H,21,22). The maximum Gasteiger partial charge on any atom is 0.407 e. The van der Waals surface area contributed by atoms with Gasteiger partial charge in [-0.05, 0) is 56.0 Å². The molecule has 1 amide bonds. The first-order valence-corrected chi connectivity index (χ1v) is 7.96. The van der Waals surface area contributed by atoms with Gasteiger partial charge in [-0.25, -0.2) is 4.79 Å². The number of aryl methyl sites for hydroxylation is 1. The highest BCUT2D eigenvalue weighted by atomic mass is 16.6. The lowest BCUT2D eigenvalue weighted by molar-refractivity contribution is 0.0524. The Hall–Kier alpha value is -2.07. The predicted molar refractivity (Wildman–Crippen MR) is 94.6 cm³/mol. The zero-order chi connectivity index (χ0) is 17.0. The average molecular weight is 314 g/mol. The summed E-state index contributed by atoms with van der Waals surface area (Å²) in [6.07, 6.45) is 0.276. The monoisotopic (exact) mass is 314 g/mol. The minimum atomic E-state index is -0.499. The van der Waals surface area contributed by atoms with Gasteiger partial charge in [0.25, 0.3) is 0 Å². The SMILES string of the molecule is Cc1ccc(CC(N)CNC(=O)OC(C)(C)C)c2ccccc12. The normalized spacial score (nSPS) is 12.9. The summed E-state index contributed by atoms with van der Waals surface area (Å²) in [6, 6.07) is 12.4. The van der Waals surface area contributed by atoms with Crippen molar-refractivity contribution in [2.75, 3.05) is 6.54 Å². The van der Waals surface area contributed by atoms with E-state index in [-0.39, 0.29) is 6.04 Å². The van der Waals surface area contributed by atoms with E-state index in [1.807, 2.05) is 32.9 Å². The van der Waals surface area contributed by atoms with Crippen LogP contribution in [-0.2, 0) is 11.2 Å². The van der Waals surface area contributed by atoms with Crippen LogP contribution in [0.25, 0.3) is 10.8 Å². The molecule has 124 valence electrons. The Morgan fingerprint density at radius 1 is 1.17 bits per heavy atom. The van der Waals surface area contributed by atoms with Gasteiger partial charge in [0.15, 0.2) is 0 Å². The zero-order valence-electron chi connectivity index (χ0n) is 14.3. The van der Waals surface area contributed by atoms with Gasteiger partial charge in [-0.15, -0.1) is 0 Å². The van der Waals surface area contributed by atoms with Crippen molar-refractivity contribution >= 4 is 16.9 Å². The largest absolute Gasteiger partial charge is 0.444 e. The Kier molecular flexibility index (Phi) is 5.26. The molecule has 0 saturated carbocycles. The maximum atomic E-state index is 11.7. The quantitative estimate of drug-likeness (QED) is 0.907. The van der Waals surface area contributed by atoms with Crippen molar-refractivity contribution in [1.82, 2.24) is 5.32 Å². The average Bonchev–Trinajstić information content (AvgIpc) is 2.47. The van der Waals surface area contributed by atoms with E-state index in [4.69, 9.17) is 10.5 Å². The minimum Gasteiger partial charge on any atom is -0.444 e. The van der Waals surface area contributed by atoms with Gasteiger partial charge in [-0.3, -0.25) is 0 Å². The summed E-state index contributed by atoms with van der Waals surface area (Å²) in [7, 11) is 0. The second-order valence-electron chi connectivity index (χ2n) is 6.93. The molecule has 23 heavy (non-hydrogen) atoms. The molecule has 0 aliphatic heterocycles. The van der Waals surface area contributed by atoms with Crippen molar-refractivity contribution in [3.8, 4) is 0 Å². The topological polar surface area (TPSA) is 64.3 Å². The maximum absolute atomic E-state index is 11.7. The van der Waals surface area contributed by atoms with Crippen LogP contribution in [0.4, 0.5) is 4.79 Å². The molecule has 0 spiro atoms. The Labute approximate surface area is 138 Å². The third-order valence-corrected chi connectivity index (χ3v) is 3.62. The van der Waals surface area contributed by atoms with E-state index < -0.39 is 11.7 Å². The summed E-state index contributed by atoms with van der Waals surface area (Å²) in [4.78, 5) is 11.7. The minimum absolute atomic E-state index is 0.159. The van der Waals surface area contributed by atoms with E-state index in [9.17, 15) is 4.79 Å². The Morgan fingerprint density at radius 3 is 2.48 bits per heavy atom. The second-order valence-corrected chi connectivity index (χ2v) is 6.93. The van der Waals surface area contributed by atoms with Crippen molar-refractivity contribution in [2.24, 2.45) is 5.73 Å². The van der Waals surface area contributed by atoms with Crippen molar-refractivity contribution in [3.05, 3.63) is 47.5 Å². The molecule has 2 rings (SSSR count). The molecule has 4 nitrogen and oxygen atoms in total. The first-order valence-electron chi connectivity index (χ1n) is 7.96. The number of carbonyl (C=O) groups is 1. The highest BCUT2D eigenvalue weighted by Crippen LogP contribution is 2.23. The van der Waals surface area contributed by atoms with E-state index in [1.54, 1.807) is 0 Å². The summed E-state index contributed by atoms with van der Waals surface area (Å²) in [5.74, 6) is 0. The number of carbonyl (C=O) groups excluding carboxylic acids is 1. The van der Waals surface area contributed by atoms with Crippen molar-refractivity contribution in [1.29, 1.82) is 0 Å². The molecule has 0 aliphatic rings. The lowest BCUT2D eigenvalue weighted by atomic mass is 9.96. The Morgan fingerprint density at radius 2 is 1.83 bits per heavy atom. The molecule has 0 heterocycles. The van der Waals surface area contributed by atoms with Gasteiger partial charge in [0.2, 0.25) is 0 Å². The molecular weight excluding hydrogens is 288 g/mol. The number of nitrogens with one attached hydrogen (secondary N) is 1. The van der Waals surface area contributed by atoms with Gasteiger partial charge in [0.05, 0.1) is 0 Å².